The molecular weight excluding hydrogens is 268 g/mol. The van der Waals surface area contributed by atoms with Gasteiger partial charge < -0.3 is 0 Å². The molecule has 21 heavy (non-hydrogen) atoms. The SMILES string of the molecule is O=c1c(=O)c2ccccc2c(=O)/c1=N\Nc1ccccc1. The molecule has 0 atom stereocenters. The van der Waals surface area contributed by atoms with Gasteiger partial charge in [-0.15, -0.1) is 0 Å². The molecule has 3 aromatic carbocycles. The third-order valence-corrected chi connectivity index (χ3v) is 3.12. The molecule has 5 nitrogen and oxygen atoms in total. The second-order valence-electron chi connectivity index (χ2n) is 4.47. The van der Waals surface area contributed by atoms with E-state index in [0.29, 0.717) is 5.69 Å². The highest BCUT2D eigenvalue weighted by Crippen LogP contribution is 2.04. The number of rotatable bonds is 2. The lowest BCUT2D eigenvalue weighted by molar-refractivity contribution is 1.17. The first kappa shape index (κ1) is 12.9. The van der Waals surface area contributed by atoms with Gasteiger partial charge in [-0.05, 0) is 12.1 Å². The molecular formula is C16H10N2O3. The van der Waals surface area contributed by atoms with E-state index in [-0.39, 0.29) is 16.1 Å². The van der Waals surface area contributed by atoms with Crippen LogP contribution in [0.2, 0.25) is 0 Å². The van der Waals surface area contributed by atoms with Gasteiger partial charge in [-0.2, -0.15) is 5.10 Å². The molecule has 102 valence electrons. The predicted octanol–water partition coefficient (Wildman–Crippen LogP) is 0.724. The van der Waals surface area contributed by atoms with Gasteiger partial charge in [0.05, 0.1) is 5.69 Å². The van der Waals surface area contributed by atoms with Crippen molar-refractivity contribution in [1.82, 2.24) is 0 Å². The lowest BCUT2D eigenvalue weighted by Gasteiger charge is -1.98. The monoisotopic (exact) mass is 278 g/mol. The van der Waals surface area contributed by atoms with Gasteiger partial charge >= 0.3 is 0 Å². The third kappa shape index (κ3) is 2.25. The molecule has 0 aliphatic rings. The van der Waals surface area contributed by atoms with Crippen LogP contribution in [0.15, 0.2) is 74.1 Å². The zero-order chi connectivity index (χ0) is 14.8. The normalized spacial score (nSPS) is 11.7. The standard InChI is InChI=1S/C16H10N2O3/c19-14-11-8-4-5-9-12(11)15(20)16(21)13(14)18-17-10-6-2-1-3-7-10/h1-9,17H/b18-13+. The Morgan fingerprint density at radius 2 is 1.24 bits per heavy atom. The van der Waals surface area contributed by atoms with Gasteiger partial charge in [0.15, 0.2) is 5.36 Å². The largest absolute Gasteiger partial charge is 0.287 e. The number of fused-ring (bicyclic) bond motifs is 1. The van der Waals surface area contributed by atoms with Crippen molar-refractivity contribution in [2.75, 3.05) is 5.43 Å². The number of nitrogens with zero attached hydrogens (tertiary/aromatic N) is 1. The van der Waals surface area contributed by atoms with Crippen LogP contribution in [0.1, 0.15) is 0 Å². The van der Waals surface area contributed by atoms with E-state index in [2.05, 4.69) is 10.5 Å². The Hall–Kier alpha value is -3.08. The van der Waals surface area contributed by atoms with Crippen molar-refractivity contribution in [3.05, 3.63) is 90.6 Å². The van der Waals surface area contributed by atoms with Crippen molar-refractivity contribution >= 4 is 16.5 Å². The van der Waals surface area contributed by atoms with Crippen LogP contribution in [0.25, 0.3) is 10.8 Å². The van der Waals surface area contributed by atoms with Crippen molar-refractivity contribution in [3.63, 3.8) is 0 Å². The van der Waals surface area contributed by atoms with E-state index in [4.69, 9.17) is 0 Å². The van der Waals surface area contributed by atoms with E-state index in [1.807, 2.05) is 6.07 Å². The second-order valence-corrected chi connectivity index (χ2v) is 4.47. The molecule has 3 aromatic rings. The molecule has 0 aliphatic carbocycles. The average Bonchev–Trinajstić information content (AvgIpc) is 2.54. The Bertz CT molecular complexity index is 1020. The Balaban J connectivity index is 2.27. The number of hydrogen-bond acceptors (Lipinski definition) is 5. The van der Waals surface area contributed by atoms with Crippen LogP contribution in [0.4, 0.5) is 5.69 Å². The minimum atomic E-state index is -0.887. The molecule has 0 saturated heterocycles. The summed E-state index contributed by atoms with van der Waals surface area (Å²) in [6.07, 6.45) is 0. The minimum absolute atomic E-state index is 0.131. The molecule has 0 aliphatic heterocycles. The van der Waals surface area contributed by atoms with E-state index in [1.54, 1.807) is 36.4 Å². The second kappa shape index (κ2) is 5.13. The fourth-order valence-corrected chi connectivity index (χ4v) is 2.07. The van der Waals surface area contributed by atoms with Gasteiger partial charge in [0.1, 0.15) is 0 Å². The average molecular weight is 278 g/mol. The molecule has 0 unspecified atom stereocenters. The van der Waals surface area contributed by atoms with E-state index < -0.39 is 16.3 Å². The summed E-state index contributed by atoms with van der Waals surface area (Å²) in [7, 11) is 0. The van der Waals surface area contributed by atoms with Gasteiger partial charge in [0, 0.05) is 10.8 Å². The Morgan fingerprint density at radius 3 is 1.90 bits per heavy atom. The summed E-state index contributed by atoms with van der Waals surface area (Å²) in [4.78, 5) is 36.2. The van der Waals surface area contributed by atoms with Crippen LogP contribution in [0.5, 0.6) is 0 Å². The highest BCUT2D eigenvalue weighted by molar-refractivity contribution is 5.81. The van der Waals surface area contributed by atoms with Crippen LogP contribution in [0, 0.1) is 0 Å². The van der Waals surface area contributed by atoms with Crippen molar-refractivity contribution in [1.29, 1.82) is 0 Å². The first-order valence-electron chi connectivity index (χ1n) is 6.30. The molecule has 1 N–H and O–H groups in total. The number of nitrogens with one attached hydrogen (secondary N) is 1. The van der Waals surface area contributed by atoms with Crippen LogP contribution in [-0.2, 0) is 0 Å². The summed E-state index contributed by atoms with van der Waals surface area (Å²) < 4.78 is 0. The molecule has 0 amide bonds. The molecule has 0 bridgehead atoms. The summed E-state index contributed by atoms with van der Waals surface area (Å²) in [6, 6.07) is 15.1. The van der Waals surface area contributed by atoms with Crippen molar-refractivity contribution in [2.45, 2.75) is 0 Å². The topological polar surface area (TPSA) is 75.6 Å². The zero-order valence-corrected chi connectivity index (χ0v) is 10.9. The predicted molar refractivity (Wildman–Crippen MR) is 80.8 cm³/mol. The number of benzene rings is 3. The maximum atomic E-state index is 12.3. The van der Waals surface area contributed by atoms with Gasteiger partial charge in [0.2, 0.25) is 10.9 Å². The first-order valence-corrected chi connectivity index (χ1v) is 6.30. The van der Waals surface area contributed by atoms with E-state index in [9.17, 15) is 14.4 Å². The van der Waals surface area contributed by atoms with Gasteiger partial charge in [-0.25, -0.2) is 0 Å². The van der Waals surface area contributed by atoms with Crippen LogP contribution in [0.3, 0.4) is 0 Å². The lowest BCUT2D eigenvalue weighted by atomic mass is 10.1. The van der Waals surface area contributed by atoms with E-state index in [1.165, 1.54) is 12.1 Å². The van der Waals surface area contributed by atoms with Gasteiger partial charge in [0.25, 0.3) is 5.43 Å². The highest BCUT2D eigenvalue weighted by atomic mass is 16.2. The first-order chi connectivity index (χ1) is 10.2. The summed E-state index contributed by atoms with van der Waals surface area (Å²) in [6.45, 7) is 0. The Morgan fingerprint density at radius 1 is 0.667 bits per heavy atom. The molecule has 0 fully saturated rings. The van der Waals surface area contributed by atoms with Crippen LogP contribution in [-0.4, -0.2) is 0 Å². The van der Waals surface area contributed by atoms with E-state index >= 15 is 0 Å². The molecule has 0 radical (unpaired) electrons. The van der Waals surface area contributed by atoms with Crippen molar-refractivity contribution < 1.29 is 0 Å². The molecule has 0 saturated carbocycles. The molecule has 3 rings (SSSR count). The van der Waals surface area contributed by atoms with Crippen LogP contribution >= 0.6 is 0 Å². The summed E-state index contributed by atoms with van der Waals surface area (Å²) in [5.41, 5.74) is 1.10. The van der Waals surface area contributed by atoms with Gasteiger partial charge in [-0.1, -0.05) is 42.5 Å². The highest BCUT2D eigenvalue weighted by Gasteiger charge is 2.10. The molecule has 0 heterocycles. The molecule has 5 heteroatoms. The molecule has 0 aromatic heterocycles. The van der Waals surface area contributed by atoms with Crippen molar-refractivity contribution in [2.24, 2.45) is 5.10 Å². The quantitative estimate of drug-likeness (QED) is 0.553. The van der Waals surface area contributed by atoms with E-state index in [0.717, 1.165) is 0 Å². The van der Waals surface area contributed by atoms with Crippen molar-refractivity contribution in [3.8, 4) is 0 Å². The smallest absolute Gasteiger partial charge is 0.257 e. The number of anilines is 1. The fraction of sp³-hybridized carbons (Fsp3) is 0. The van der Waals surface area contributed by atoms with Gasteiger partial charge in [-0.3, -0.25) is 19.8 Å². The Labute approximate surface area is 118 Å². The molecule has 0 spiro atoms. The third-order valence-electron chi connectivity index (χ3n) is 3.12. The summed E-state index contributed by atoms with van der Waals surface area (Å²) in [5, 5.41) is 3.76. The lowest BCUT2D eigenvalue weighted by Crippen LogP contribution is -2.48. The summed E-state index contributed by atoms with van der Waals surface area (Å²) >= 11 is 0. The zero-order valence-electron chi connectivity index (χ0n) is 10.9. The maximum Gasteiger partial charge on any atom is 0.257 e. The maximum absolute atomic E-state index is 12.3. The number of hydrogen-bond donors (Lipinski definition) is 1. The fourth-order valence-electron chi connectivity index (χ4n) is 2.07. The van der Waals surface area contributed by atoms with Crippen LogP contribution < -0.4 is 27.1 Å². The minimum Gasteiger partial charge on any atom is -0.287 e. The Kier molecular flexibility index (Phi) is 3.16. The summed E-state index contributed by atoms with van der Waals surface area (Å²) in [5.74, 6) is 0. The number of para-hydroxylation sites is 1.